The Morgan fingerprint density at radius 3 is 2.69 bits per heavy atom. The van der Waals surface area contributed by atoms with Crippen molar-refractivity contribution in [3.8, 4) is 27.6 Å². The lowest BCUT2D eigenvalue weighted by molar-refractivity contribution is -0.123. The van der Waals surface area contributed by atoms with Crippen LogP contribution in [-0.4, -0.2) is 39.6 Å². The first-order chi connectivity index (χ1) is 16.9. The average Bonchev–Trinajstić information content (AvgIpc) is 3.28. The van der Waals surface area contributed by atoms with Gasteiger partial charge >= 0.3 is 0 Å². The van der Waals surface area contributed by atoms with Crippen LogP contribution >= 0.6 is 45.5 Å². The molecule has 1 unspecified atom stereocenters. The zero-order valence-electron chi connectivity index (χ0n) is 19.1. The summed E-state index contributed by atoms with van der Waals surface area (Å²) in [6.07, 6.45) is 2.39. The van der Waals surface area contributed by atoms with E-state index in [1.165, 1.54) is 29.3 Å². The molecule has 0 fully saturated rings. The van der Waals surface area contributed by atoms with E-state index in [1.807, 2.05) is 30.3 Å². The quantitative estimate of drug-likeness (QED) is 0.197. The number of carbonyl (C=O) groups is 1. The van der Waals surface area contributed by atoms with E-state index < -0.39 is 0 Å². The molecule has 0 radical (unpaired) electrons. The Kier molecular flexibility index (Phi) is 8.30. The Morgan fingerprint density at radius 1 is 1.20 bits per heavy atom. The number of aromatic nitrogens is 2. The third kappa shape index (κ3) is 6.14. The third-order valence-corrected chi connectivity index (χ3v) is 7.25. The molecule has 2 aromatic heterocycles. The van der Waals surface area contributed by atoms with Gasteiger partial charge in [0.15, 0.2) is 18.1 Å². The number of hydrogen-bond donors (Lipinski definition) is 1. The molecule has 4 rings (SSSR count). The Balaban J connectivity index is 1.55. The number of hydrogen-bond acceptors (Lipinski definition) is 6. The fourth-order valence-corrected chi connectivity index (χ4v) is 4.87. The molecule has 4 aromatic rings. The van der Waals surface area contributed by atoms with E-state index in [2.05, 4.69) is 39.8 Å². The van der Waals surface area contributed by atoms with Crippen molar-refractivity contribution in [1.82, 2.24) is 14.9 Å². The summed E-state index contributed by atoms with van der Waals surface area (Å²) in [5, 5.41) is 3.49. The first-order valence-corrected chi connectivity index (χ1v) is 13.3. The highest BCUT2D eigenvalue weighted by molar-refractivity contribution is 14.1. The van der Waals surface area contributed by atoms with Gasteiger partial charge in [-0.1, -0.05) is 53.2 Å². The minimum absolute atomic E-state index is 0.124. The zero-order valence-corrected chi connectivity index (χ0v) is 22.8. The van der Waals surface area contributed by atoms with E-state index in [0.29, 0.717) is 42.9 Å². The van der Waals surface area contributed by atoms with Crippen molar-refractivity contribution in [2.24, 2.45) is 0 Å². The highest BCUT2D eigenvalue weighted by Gasteiger charge is 2.14. The summed E-state index contributed by atoms with van der Waals surface area (Å²) >= 11 is 9.69. The number of methoxy groups -OCH3 is 1. The van der Waals surface area contributed by atoms with Crippen molar-refractivity contribution in [3.05, 3.63) is 70.2 Å². The number of nitrogens with zero attached hydrogens (tertiary/aromatic N) is 2. The standard InChI is InChI=1S/C25H23ClIN3O4S/c1-15(27)9-10-28-23(31)13-34-20-8-7-18(11-21(20)33-2)30-14-29-19-12-22(35-24(19)25(30)32)16-3-5-17(26)6-4-16/h3-8,11-12,14-15H,9-10,13H2,1-2H3,(H,28,31). The van der Waals surface area contributed by atoms with Gasteiger partial charge in [0.2, 0.25) is 0 Å². The van der Waals surface area contributed by atoms with Crippen molar-refractivity contribution >= 4 is 61.7 Å². The number of rotatable bonds is 9. The van der Waals surface area contributed by atoms with Crippen LogP contribution in [0.4, 0.5) is 0 Å². The molecule has 2 aromatic carbocycles. The molecule has 0 saturated carbocycles. The summed E-state index contributed by atoms with van der Waals surface area (Å²) in [6.45, 7) is 2.57. The summed E-state index contributed by atoms with van der Waals surface area (Å²) < 4.78 is 13.6. The molecule has 1 N–H and O–H groups in total. The van der Waals surface area contributed by atoms with Crippen molar-refractivity contribution in [3.63, 3.8) is 0 Å². The number of nitrogens with one attached hydrogen (secondary N) is 1. The number of fused-ring (bicyclic) bond motifs is 1. The molecule has 10 heteroatoms. The van der Waals surface area contributed by atoms with Gasteiger partial charge in [0, 0.05) is 26.4 Å². The first kappa shape index (κ1) is 25.5. The smallest absolute Gasteiger partial charge is 0.275 e. The number of thiophene rings is 1. The molecule has 2 heterocycles. The SMILES string of the molecule is COc1cc(-n2cnc3cc(-c4ccc(Cl)cc4)sc3c2=O)ccc1OCC(=O)NCCC(C)I. The number of ether oxygens (including phenoxy) is 2. The van der Waals surface area contributed by atoms with Crippen LogP contribution in [-0.2, 0) is 4.79 Å². The maximum Gasteiger partial charge on any atom is 0.275 e. The maximum absolute atomic E-state index is 13.3. The van der Waals surface area contributed by atoms with E-state index in [-0.39, 0.29) is 18.1 Å². The number of amides is 1. The lowest BCUT2D eigenvalue weighted by Crippen LogP contribution is -2.30. The molecule has 182 valence electrons. The number of alkyl halides is 1. The van der Waals surface area contributed by atoms with Gasteiger partial charge in [0.05, 0.1) is 18.3 Å². The molecule has 0 bridgehead atoms. The molecule has 35 heavy (non-hydrogen) atoms. The number of halogens is 2. The normalized spacial score (nSPS) is 11.9. The van der Waals surface area contributed by atoms with Gasteiger partial charge in [0.25, 0.3) is 11.5 Å². The number of carbonyl (C=O) groups excluding carboxylic acids is 1. The van der Waals surface area contributed by atoms with Crippen LogP contribution < -0.4 is 20.3 Å². The van der Waals surface area contributed by atoms with E-state index in [1.54, 1.807) is 18.2 Å². The van der Waals surface area contributed by atoms with Gasteiger partial charge in [-0.15, -0.1) is 11.3 Å². The molecule has 0 aliphatic heterocycles. The average molecular weight is 624 g/mol. The Morgan fingerprint density at radius 2 is 1.97 bits per heavy atom. The van der Waals surface area contributed by atoms with Crippen LogP contribution in [0.5, 0.6) is 11.5 Å². The van der Waals surface area contributed by atoms with Crippen LogP contribution in [0.15, 0.2) is 59.7 Å². The van der Waals surface area contributed by atoms with Gasteiger partial charge < -0.3 is 14.8 Å². The van der Waals surface area contributed by atoms with Gasteiger partial charge in [0.1, 0.15) is 11.0 Å². The van der Waals surface area contributed by atoms with Gasteiger partial charge in [-0.25, -0.2) is 4.98 Å². The minimum Gasteiger partial charge on any atom is -0.493 e. The highest BCUT2D eigenvalue weighted by Crippen LogP contribution is 2.33. The summed E-state index contributed by atoms with van der Waals surface area (Å²) in [7, 11) is 1.51. The summed E-state index contributed by atoms with van der Waals surface area (Å²) in [4.78, 5) is 30.7. The lowest BCUT2D eigenvalue weighted by Gasteiger charge is -2.13. The highest BCUT2D eigenvalue weighted by atomic mass is 127. The van der Waals surface area contributed by atoms with Crippen LogP contribution in [0.1, 0.15) is 13.3 Å². The Hall–Kier alpha value is -2.63. The van der Waals surface area contributed by atoms with Crippen LogP contribution in [0.3, 0.4) is 0 Å². The molecule has 1 amide bonds. The largest absolute Gasteiger partial charge is 0.493 e. The van der Waals surface area contributed by atoms with Crippen molar-refractivity contribution in [2.75, 3.05) is 20.3 Å². The molecule has 7 nitrogen and oxygen atoms in total. The fourth-order valence-electron chi connectivity index (χ4n) is 3.38. The van der Waals surface area contributed by atoms with Crippen LogP contribution in [0, 0.1) is 0 Å². The van der Waals surface area contributed by atoms with Crippen molar-refractivity contribution in [1.29, 1.82) is 0 Å². The molecule has 0 spiro atoms. The van der Waals surface area contributed by atoms with E-state index >= 15 is 0 Å². The summed E-state index contributed by atoms with van der Waals surface area (Å²) in [5.41, 5.74) is 2.01. The van der Waals surface area contributed by atoms with E-state index in [9.17, 15) is 9.59 Å². The monoisotopic (exact) mass is 623 g/mol. The predicted octanol–water partition coefficient (Wildman–Crippen LogP) is 5.48. The van der Waals surface area contributed by atoms with Gasteiger partial charge in [-0.2, -0.15) is 0 Å². The van der Waals surface area contributed by atoms with E-state index in [4.69, 9.17) is 21.1 Å². The molecule has 1 atom stereocenters. The predicted molar refractivity (Wildman–Crippen MR) is 149 cm³/mol. The van der Waals surface area contributed by atoms with Gasteiger partial charge in [-0.3, -0.25) is 14.2 Å². The second-order valence-corrected chi connectivity index (χ2v) is 11.4. The fraction of sp³-hybridized carbons (Fsp3) is 0.240. The number of benzene rings is 2. The molecule has 0 aliphatic rings. The molecular formula is C25H23ClIN3O4S. The molecule has 0 aliphatic carbocycles. The van der Waals surface area contributed by atoms with E-state index in [0.717, 1.165) is 16.9 Å². The Bertz CT molecular complexity index is 1400. The second kappa shape index (κ2) is 11.4. The molecular weight excluding hydrogens is 601 g/mol. The third-order valence-electron chi connectivity index (χ3n) is 5.21. The first-order valence-electron chi connectivity index (χ1n) is 10.8. The van der Waals surface area contributed by atoms with Crippen molar-refractivity contribution in [2.45, 2.75) is 17.3 Å². The van der Waals surface area contributed by atoms with Gasteiger partial charge in [-0.05, 0) is 42.3 Å². The van der Waals surface area contributed by atoms with Crippen LogP contribution in [0.2, 0.25) is 5.02 Å². The maximum atomic E-state index is 13.3. The topological polar surface area (TPSA) is 82.5 Å². The van der Waals surface area contributed by atoms with Crippen molar-refractivity contribution < 1.29 is 14.3 Å². The summed E-state index contributed by atoms with van der Waals surface area (Å²) in [5.74, 6) is 0.626. The Labute approximate surface area is 225 Å². The zero-order chi connectivity index (χ0) is 24.9. The van der Waals surface area contributed by atoms with Crippen LogP contribution in [0.25, 0.3) is 26.3 Å². The lowest BCUT2D eigenvalue weighted by atomic mass is 10.2. The second-order valence-electron chi connectivity index (χ2n) is 7.79. The summed E-state index contributed by atoms with van der Waals surface area (Å²) in [6, 6.07) is 14.5. The molecule has 0 saturated heterocycles. The minimum atomic E-state index is -0.201.